The highest BCUT2D eigenvalue weighted by Gasteiger charge is 2.16. The summed E-state index contributed by atoms with van der Waals surface area (Å²) in [5.74, 6) is 0.403. The lowest BCUT2D eigenvalue weighted by molar-refractivity contribution is -0.123. The number of carbonyl (C=O) groups excluding carboxylic acids is 1. The molecule has 5 heteroatoms. The van der Waals surface area contributed by atoms with Crippen LogP contribution in [0.2, 0.25) is 0 Å². The van der Waals surface area contributed by atoms with E-state index < -0.39 is 0 Å². The van der Waals surface area contributed by atoms with Crippen LogP contribution in [0.3, 0.4) is 0 Å². The third-order valence-electron chi connectivity index (χ3n) is 5.98. The van der Waals surface area contributed by atoms with Gasteiger partial charge in [-0.15, -0.1) is 0 Å². The van der Waals surface area contributed by atoms with E-state index in [-0.39, 0.29) is 12.5 Å². The Labute approximate surface area is 195 Å². The Morgan fingerprint density at radius 2 is 1.66 bits per heavy atom. The maximum Gasteiger partial charge on any atom is 0.277 e. The number of hydrazone groups is 1. The summed E-state index contributed by atoms with van der Waals surface area (Å²) in [5, 5.41) is 8.70. The molecule has 0 spiro atoms. The van der Waals surface area contributed by atoms with Crippen LogP contribution in [0.25, 0.3) is 21.5 Å². The quantitative estimate of drug-likeness (QED) is 0.208. The smallest absolute Gasteiger partial charge is 0.277 e. The molecular weight excluding hydrogens is 464 g/mol. The van der Waals surface area contributed by atoms with Crippen LogP contribution in [-0.2, 0) is 17.6 Å². The SMILES string of the molecule is O=C(COc1ccc2c(c1Br)CCCC2)N/N=C\c1c2ccccc2cc2ccccc12. The molecule has 0 saturated heterocycles. The van der Waals surface area contributed by atoms with Crippen molar-refractivity contribution >= 4 is 49.6 Å². The van der Waals surface area contributed by atoms with Crippen molar-refractivity contribution in [1.29, 1.82) is 0 Å². The molecule has 32 heavy (non-hydrogen) atoms. The Bertz CT molecular complexity index is 1290. The van der Waals surface area contributed by atoms with Gasteiger partial charge in [0.2, 0.25) is 0 Å². The largest absolute Gasteiger partial charge is 0.483 e. The summed E-state index contributed by atoms with van der Waals surface area (Å²) in [5.41, 5.74) is 6.25. The zero-order chi connectivity index (χ0) is 21.9. The van der Waals surface area contributed by atoms with Crippen molar-refractivity contribution in [1.82, 2.24) is 5.43 Å². The van der Waals surface area contributed by atoms with Gasteiger partial charge in [0.05, 0.1) is 10.7 Å². The minimum absolute atomic E-state index is 0.0923. The van der Waals surface area contributed by atoms with Crippen LogP contribution < -0.4 is 10.2 Å². The molecule has 4 aromatic carbocycles. The molecule has 1 aliphatic rings. The third kappa shape index (κ3) is 4.13. The highest BCUT2D eigenvalue weighted by molar-refractivity contribution is 9.10. The fourth-order valence-corrected chi connectivity index (χ4v) is 5.10. The number of rotatable bonds is 5. The molecule has 0 aromatic heterocycles. The molecule has 0 bridgehead atoms. The van der Waals surface area contributed by atoms with E-state index in [4.69, 9.17) is 4.74 Å². The molecule has 0 heterocycles. The molecule has 5 rings (SSSR count). The minimum atomic E-state index is -0.296. The Morgan fingerprint density at radius 1 is 0.969 bits per heavy atom. The first-order valence-corrected chi connectivity index (χ1v) is 11.7. The summed E-state index contributed by atoms with van der Waals surface area (Å²) < 4.78 is 6.74. The molecule has 1 aliphatic carbocycles. The van der Waals surface area contributed by atoms with Gasteiger partial charge in [0.25, 0.3) is 5.91 Å². The number of benzene rings is 4. The maximum absolute atomic E-state index is 12.4. The first-order chi connectivity index (χ1) is 15.7. The number of carbonyl (C=O) groups is 1. The van der Waals surface area contributed by atoms with Crippen molar-refractivity contribution in [3.05, 3.63) is 87.9 Å². The Hall–Kier alpha value is -3.18. The van der Waals surface area contributed by atoms with Crippen LogP contribution in [0.4, 0.5) is 0 Å². The van der Waals surface area contributed by atoms with Gasteiger partial charge >= 0.3 is 0 Å². The summed E-state index contributed by atoms with van der Waals surface area (Å²) in [6.07, 6.45) is 6.28. The predicted molar refractivity (Wildman–Crippen MR) is 133 cm³/mol. The molecule has 1 N–H and O–H groups in total. The van der Waals surface area contributed by atoms with Gasteiger partial charge < -0.3 is 4.74 Å². The van der Waals surface area contributed by atoms with Gasteiger partial charge in [0.1, 0.15) is 5.75 Å². The second-order valence-electron chi connectivity index (χ2n) is 8.04. The molecular formula is C27H23BrN2O2. The van der Waals surface area contributed by atoms with Gasteiger partial charge in [-0.3, -0.25) is 4.79 Å². The summed E-state index contributed by atoms with van der Waals surface area (Å²) in [7, 11) is 0. The van der Waals surface area contributed by atoms with E-state index in [2.05, 4.69) is 62.9 Å². The van der Waals surface area contributed by atoms with Crippen molar-refractivity contribution in [2.24, 2.45) is 5.10 Å². The van der Waals surface area contributed by atoms with Gasteiger partial charge in [-0.1, -0.05) is 54.6 Å². The standard InChI is InChI=1S/C27H23BrN2O2/c28-27-23-12-6-1-7-18(23)13-14-25(27)32-17-26(31)30-29-16-24-21-10-4-2-8-19(21)15-20-9-3-5-11-22(20)24/h2-5,8-11,13-16H,1,6-7,12,17H2,(H,30,31)/b29-16-. The number of nitrogens with one attached hydrogen (secondary N) is 1. The normalized spacial score (nSPS) is 13.4. The predicted octanol–water partition coefficient (Wildman–Crippen LogP) is 6.16. The highest BCUT2D eigenvalue weighted by Crippen LogP contribution is 2.35. The number of fused-ring (bicyclic) bond motifs is 3. The van der Waals surface area contributed by atoms with Gasteiger partial charge in [0, 0.05) is 5.56 Å². The fraction of sp³-hybridized carbons (Fsp3) is 0.185. The van der Waals surface area contributed by atoms with Crippen molar-refractivity contribution in [3.63, 3.8) is 0 Å². The number of nitrogens with zero attached hydrogens (tertiary/aromatic N) is 1. The molecule has 4 nitrogen and oxygen atoms in total. The monoisotopic (exact) mass is 486 g/mol. The maximum atomic E-state index is 12.4. The molecule has 0 fully saturated rings. The molecule has 160 valence electrons. The summed E-state index contributed by atoms with van der Waals surface area (Å²) >= 11 is 3.66. The van der Waals surface area contributed by atoms with E-state index in [1.807, 2.05) is 30.3 Å². The number of halogens is 1. The molecule has 0 aliphatic heterocycles. The van der Waals surface area contributed by atoms with Crippen LogP contribution in [-0.4, -0.2) is 18.7 Å². The summed E-state index contributed by atoms with van der Waals surface area (Å²) in [6, 6.07) is 22.6. The van der Waals surface area contributed by atoms with Gasteiger partial charge in [-0.25, -0.2) is 5.43 Å². The summed E-state index contributed by atoms with van der Waals surface area (Å²) in [6.45, 7) is -0.0923. The van der Waals surface area contributed by atoms with Crippen molar-refractivity contribution < 1.29 is 9.53 Å². The second kappa shape index (κ2) is 9.13. The van der Waals surface area contributed by atoms with Gasteiger partial charge in [0.15, 0.2) is 6.61 Å². The van der Waals surface area contributed by atoms with E-state index in [0.717, 1.165) is 44.4 Å². The summed E-state index contributed by atoms with van der Waals surface area (Å²) in [4.78, 5) is 12.4. The first-order valence-electron chi connectivity index (χ1n) is 10.9. The van der Waals surface area contributed by atoms with Crippen molar-refractivity contribution in [2.45, 2.75) is 25.7 Å². The number of ether oxygens (including phenoxy) is 1. The Morgan fingerprint density at radius 3 is 2.41 bits per heavy atom. The molecule has 0 radical (unpaired) electrons. The number of aryl methyl sites for hydroxylation is 1. The third-order valence-corrected chi connectivity index (χ3v) is 6.85. The van der Waals surface area contributed by atoms with E-state index in [1.54, 1.807) is 6.21 Å². The van der Waals surface area contributed by atoms with Crippen LogP contribution in [0.5, 0.6) is 5.75 Å². The van der Waals surface area contributed by atoms with E-state index >= 15 is 0 Å². The lowest BCUT2D eigenvalue weighted by atomic mass is 9.92. The van der Waals surface area contributed by atoms with Crippen LogP contribution in [0.1, 0.15) is 29.5 Å². The average molecular weight is 487 g/mol. The zero-order valence-electron chi connectivity index (χ0n) is 17.6. The molecule has 0 unspecified atom stereocenters. The van der Waals surface area contributed by atoms with Crippen molar-refractivity contribution in [2.75, 3.05) is 6.61 Å². The molecule has 1 amide bonds. The molecule has 0 atom stereocenters. The average Bonchev–Trinajstić information content (AvgIpc) is 2.83. The fourth-order valence-electron chi connectivity index (χ4n) is 4.41. The van der Waals surface area contributed by atoms with Gasteiger partial charge in [-0.05, 0) is 86.4 Å². The zero-order valence-corrected chi connectivity index (χ0v) is 19.2. The topological polar surface area (TPSA) is 50.7 Å². The highest BCUT2D eigenvalue weighted by atomic mass is 79.9. The lowest BCUT2D eigenvalue weighted by Gasteiger charge is -2.19. The van der Waals surface area contributed by atoms with Gasteiger partial charge in [-0.2, -0.15) is 5.10 Å². The molecule has 0 saturated carbocycles. The van der Waals surface area contributed by atoms with Crippen LogP contribution in [0, 0.1) is 0 Å². The van der Waals surface area contributed by atoms with Crippen molar-refractivity contribution in [3.8, 4) is 5.75 Å². The first kappa shape index (κ1) is 20.7. The number of hydrogen-bond acceptors (Lipinski definition) is 3. The van der Waals surface area contributed by atoms with E-state index in [0.29, 0.717) is 5.75 Å². The van der Waals surface area contributed by atoms with E-state index in [9.17, 15) is 4.79 Å². The Kier molecular flexibility index (Phi) is 5.91. The van der Waals surface area contributed by atoms with Crippen LogP contribution in [0.15, 0.2) is 76.3 Å². The lowest BCUT2D eigenvalue weighted by Crippen LogP contribution is -2.24. The van der Waals surface area contributed by atoms with E-state index in [1.165, 1.54) is 24.0 Å². The number of hydrogen-bond donors (Lipinski definition) is 1. The molecule has 4 aromatic rings. The number of amides is 1. The van der Waals surface area contributed by atoms with Crippen LogP contribution >= 0.6 is 15.9 Å². The minimum Gasteiger partial charge on any atom is -0.483 e. The Balaban J connectivity index is 1.30. The second-order valence-corrected chi connectivity index (χ2v) is 8.83.